The summed E-state index contributed by atoms with van der Waals surface area (Å²) in [5.74, 6) is -0.654. The zero-order valence-corrected chi connectivity index (χ0v) is 16.8. The Morgan fingerprint density at radius 3 is 2.61 bits per heavy atom. The monoisotopic (exact) mass is 441 g/mol. The molecule has 0 radical (unpaired) electrons. The number of furan rings is 1. The second-order valence-corrected chi connectivity index (χ2v) is 8.02. The number of ketones is 1. The zero-order chi connectivity index (χ0) is 19.7. The molecule has 1 aromatic carbocycles. The van der Waals surface area contributed by atoms with Crippen molar-refractivity contribution >= 4 is 33.4 Å². The van der Waals surface area contributed by atoms with Crippen LogP contribution >= 0.6 is 15.9 Å². The number of aliphatic hydroxyl groups excluding tert-OH is 1. The van der Waals surface area contributed by atoms with Gasteiger partial charge in [0.25, 0.3) is 11.7 Å². The van der Waals surface area contributed by atoms with Crippen LogP contribution in [0.15, 0.2) is 69.3 Å². The highest BCUT2D eigenvalue weighted by atomic mass is 79.9. The van der Waals surface area contributed by atoms with Gasteiger partial charge in [0.05, 0.1) is 24.4 Å². The van der Waals surface area contributed by atoms with Crippen LogP contribution in [0.25, 0.3) is 5.76 Å². The number of amides is 1. The van der Waals surface area contributed by atoms with E-state index < -0.39 is 17.7 Å². The van der Waals surface area contributed by atoms with Crippen LogP contribution in [0, 0.1) is 5.92 Å². The van der Waals surface area contributed by atoms with Crippen molar-refractivity contribution in [3.63, 3.8) is 0 Å². The lowest BCUT2D eigenvalue weighted by Crippen LogP contribution is -2.39. The number of allylic oxidation sites excluding steroid dienone is 2. The van der Waals surface area contributed by atoms with Crippen LogP contribution in [0.2, 0.25) is 0 Å². The molecule has 2 aromatic rings. The fourth-order valence-corrected chi connectivity index (χ4v) is 4.27. The first-order chi connectivity index (χ1) is 13.6. The van der Waals surface area contributed by atoms with Crippen LogP contribution in [0.1, 0.15) is 30.6 Å². The number of likely N-dealkylation sites (tertiary alicyclic amines) is 1. The van der Waals surface area contributed by atoms with Gasteiger partial charge in [0.2, 0.25) is 0 Å². The normalized spacial score (nSPS) is 24.1. The third-order valence-corrected chi connectivity index (χ3v) is 5.90. The Morgan fingerprint density at radius 2 is 1.96 bits per heavy atom. The minimum Gasteiger partial charge on any atom is -0.507 e. The molecule has 4 rings (SSSR count). The Bertz CT molecular complexity index is 943. The Labute approximate surface area is 171 Å². The predicted molar refractivity (Wildman–Crippen MR) is 108 cm³/mol. The van der Waals surface area contributed by atoms with Crippen molar-refractivity contribution in [1.29, 1.82) is 0 Å². The summed E-state index contributed by atoms with van der Waals surface area (Å²) >= 11 is 3.37. The van der Waals surface area contributed by atoms with E-state index >= 15 is 0 Å². The molecular formula is C22H20BrNO4. The third kappa shape index (κ3) is 3.44. The van der Waals surface area contributed by atoms with Gasteiger partial charge in [-0.05, 0) is 49.4 Å². The van der Waals surface area contributed by atoms with E-state index in [1.165, 1.54) is 0 Å². The van der Waals surface area contributed by atoms with Gasteiger partial charge in [0, 0.05) is 10.0 Å². The molecule has 28 heavy (non-hydrogen) atoms. The van der Waals surface area contributed by atoms with E-state index in [0.717, 1.165) is 23.7 Å². The highest BCUT2D eigenvalue weighted by molar-refractivity contribution is 9.10. The van der Waals surface area contributed by atoms with Gasteiger partial charge < -0.3 is 14.4 Å². The number of Topliss-reactive ketones (excluding diaryl/α,β-unsaturated/α-hetero) is 1. The molecule has 1 fully saturated rings. The molecule has 2 unspecified atom stereocenters. The van der Waals surface area contributed by atoms with Gasteiger partial charge in [-0.15, -0.1) is 0 Å². The SMILES string of the molecule is O=C1C(=O)N(Cc2ccco2)C(C2CC=CCC2)/C1=C(\O)c1ccc(Br)cc1. The Kier molecular flexibility index (Phi) is 5.22. The standard InChI is InChI=1S/C22H20BrNO4/c23-16-10-8-15(9-11-16)20(25)18-19(14-5-2-1-3-6-14)24(22(27)21(18)26)13-17-7-4-12-28-17/h1-2,4,7-12,14,19,25H,3,5-6,13H2/b20-18+. The van der Waals surface area contributed by atoms with E-state index in [4.69, 9.17) is 4.42 Å². The van der Waals surface area contributed by atoms with Gasteiger partial charge in [-0.25, -0.2) is 0 Å². The average Bonchev–Trinajstić information content (AvgIpc) is 3.31. The largest absolute Gasteiger partial charge is 0.507 e. The lowest BCUT2D eigenvalue weighted by molar-refractivity contribution is -0.140. The number of nitrogens with zero attached hydrogens (tertiary/aromatic N) is 1. The van der Waals surface area contributed by atoms with Gasteiger partial charge in [-0.1, -0.05) is 40.2 Å². The molecule has 1 aromatic heterocycles. The van der Waals surface area contributed by atoms with Crippen molar-refractivity contribution in [3.05, 3.63) is 76.2 Å². The zero-order valence-electron chi connectivity index (χ0n) is 15.2. The second-order valence-electron chi connectivity index (χ2n) is 7.10. The van der Waals surface area contributed by atoms with Gasteiger partial charge in [-0.3, -0.25) is 9.59 Å². The van der Waals surface area contributed by atoms with E-state index in [-0.39, 0.29) is 23.8 Å². The van der Waals surface area contributed by atoms with Crippen LogP contribution in [0.3, 0.4) is 0 Å². The molecular weight excluding hydrogens is 422 g/mol. The minimum atomic E-state index is -0.633. The molecule has 0 saturated carbocycles. The lowest BCUT2D eigenvalue weighted by atomic mass is 9.83. The number of carbonyl (C=O) groups excluding carboxylic acids is 2. The van der Waals surface area contributed by atoms with Crippen LogP contribution < -0.4 is 0 Å². The average molecular weight is 442 g/mol. The highest BCUT2D eigenvalue weighted by Crippen LogP contribution is 2.38. The van der Waals surface area contributed by atoms with Gasteiger partial charge in [0.15, 0.2) is 0 Å². The quantitative estimate of drug-likeness (QED) is 0.324. The Balaban J connectivity index is 1.79. The number of carbonyl (C=O) groups is 2. The van der Waals surface area contributed by atoms with Crippen molar-refractivity contribution in [2.24, 2.45) is 5.92 Å². The summed E-state index contributed by atoms with van der Waals surface area (Å²) in [6.45, 7) is 0.208. The molecule has 1 aliphatic heterocycles. The van der Waals surface area contributed by atoms with Gasteiger partial charge >= 0.3 is 0 Å². The fraction of sp³-hybridized carbons (Fsp3) is 0.273. The summed E-state index contributed by atoms with van der Waals surface area (Å²) in [5, 5.41) is 11.0. The van der Waals surface area contributed by atoms with Gasteiger partial charge in [-0.2, -0.15) is 0 Å². The fourth-order valence-electron chi connectivity index (χ4n) is 4.01. The number of halogens is 1. The lowest BCUT2D eigenvalue weighted by Gasteiger charge is -2.32. The first-order valence-corrected chi connectivity index (χ1v) is 10.1. The Morgan fingerprint density at radius 1 is 1.18 bits per heavy atom. The van der Waals surface area contributed by atoms with E-state index in [1.54, 1.807) is 47.6 Å². The van der Waals surface area contributed by atoms with Crippen molar-refractivity contribution in [1.82, 2.24) is 4.90 Å². The summed E-state index contributed by atoms with van der Waals surface area (Å²) in [6, 6.07) is 10.1. The molecule has 1 saturated heterocycles. The van der Waals surface area contributed by atoms with E-state index in [9.17, 15) is 14.7 Å². The molecule has 5 nitrogen and oxygen atoms in total. The molecule has 0 spiro atoms. The summed E-state index contributed by atoms with van der Waals surface area (Å²) in [7, 11) is 0. The van der Waals surface area contributed by atoms with Crippen LogP contribution in [-0.2, 0) is 16.1 Å². The molecule has 0 bridgehead atoms. The molecule has 2 heterocycles. The van der Waals surface area contributed by atoms with Crippen LogP contribution in [0.5, 0.6) is 0 Å². The maximum Gasteiger partial charge on any atom is 0.295 e. The summed E-state index contributed by atoms with van der Waals surface area (Å²) in [5.41, 5.74) is 0.717. The molecule has 2 aliphatic rings. The maximum absolute atomic E-state index is 12.9. The number of rotatable bonds is 4. The van der Waals surface area contributed by atoms with E-state index in [0.29, 0.717) is 11.3 Å². The molecule has 1 aliphatic carbocycles. The number of aliphatic hydroxyl groups is 1. The first kappa shape index (κ1) is 18.7. The highest BCUT2D eigenvalue weighted by Gasteiger charge is 2.48. The second kappa shape index (κ2) is 7.80. The van der Waals surface area contributed by atoms with Crippen molar-refractivity contribution in [2.45, 2.75) is 31.8 Å². The minimum absolute atomic E-state index is 0.0722. The number of benzene rings is 1. The van der Waals surface area contributed by atoms with E-state index in [1.807, 2.05) is 0 Å². The van der Waals surface area contributed by atoms with Crippen molar-refractivity contribution in [3.8, 4) is 0 Å². The van der Waals surface area contributed by atoms with Crippen molar-refractivity contribution < 1.29 is 19.1 Å². The molecule has 1 amide bonds. The number of hydrogen-bond donors (Lipinski definition) is 1. The predicted octanol–water partition coefficient (Wildman–Crippen LogP) is 4.65. The summed E-state index contributed by atoms with van der Waals surface area (Å²) < 4.78 is 6.28. The topological polar surface area (TPSA) is 70.8 Å². The Hall–Kier alpha value is -2.60. The summed E-state index contributed by atoms with van der Waals surface area (Å²) in [6.07, 6.45) is 8.26. The van der Waals surface area contributed by atoms with Crippen LogP contribution in [-0.4, -0.2) is 27.7 Å². The molecule has 6 heteroatoms. The van der Waals surface area contributed by atoms with Crippen molar-refractivity contribution in [2.75, 3.05) is 0 Å². The maximum atomic E-state index is 12.9. The van der Waals surface area contributed by atoms with E-state index in [2.05, 4.69) is 28.1 Å². The first-order valence-electron chi connectivity index (χ1n) is 9.28. The molecule has 1 N–H and O–H groups in total. The molecule has 2 atom stereocenters. The smallest absolute Gasteiger partial charge is 0.295 e. The third-order valence-electron chi connectivity index (χ3n) is 5.37. The summed E-state index contributed by atoms with van der Waals surface area (Å²) in [4.78, 5) is 27.3. The molecule has 144 valence electrons. The number of hydrogen-bond acceptors (Lipinski definition) is 4. The van der Waals surface area contributed by atoms with Crippen LogP contribution in [0.4, 0.5) is 0 Å². The van der Waals surface area contributed by atoms with Gasteiger partial charge in [0.1, 0.15) is 11.5 Å².